The van der Waals surface area contributed by atoms with E-state index >= 15 is 0 Å². The monoisotopic (exact) mass is 230 g/mol. The number of aliphatic imine (C=N–C) groups is 1. The smallest absolute Gasteiger partial charge is 0.235 e. The van der Waals surface area contributed by atoms with Gasteiger partial charge in [0.2, 0.25) is 6.08 Å². The molecule has 0 aliphatic carbocycles. The number of aryl methyl sites for hydroxylation is 1. The van der Waals surface area contributed by atoms with Gasteiger partial charge >= 0.3 is 0 Å². The Kier molecular flexibility index (Phi) is 3.30. The Balaban J connectivity index is 2.22. The molecule has 0 unspecified atom stereocenters. The number of carbonyl (C=O) groups excluding carboxylic acids is 1. The largest absolute Gasteiger partial charge is 0.369 e. The summed E-state index contributed by atoms with van der Waals surface area (Å²) in [5.74, 6) is 0. The van der Waals surface area contributed by atoms with Crippen molar-refractivity contribution in [3.05, 3.63) is 29.8 Å². The van der Waals surface area contributed by atoms with E-state index in [1.165, 1.54) is 11.3 Å². The van der Waals surface area contributed by atoms with E-state index < -0.39 is 0 Å². The van der Waals surface area contributed by atoms with Gasteiger partial charge in [-0.15, -0.1) is 0 Å². The topological polar surface area (TPSA) is 32.7 Å². The lowest BCUT2D eigenvalue weighted by Gasteiger charge is -2.35. The van der Waals surface area contributed by atoms with Gasteiger partial charge in [-0.1, -0.05) is 18.2 Å². The van der Waals surface area contributed by atoms with Crippen LogP contribution in [0.5, 0.6) is 0 Å². The zero-order chi connectivity index (χ0) is 12.3. The summed E-state index contributed by atoms with van der Waals surface area (Å²) >= 11 is 0. The number of hydrogen-bond acceptors (Lipinski definition) is 3. The Hall–Kier alpha value is -1.60. The zero-order valence-corrected chi connectivity index (χ0v) is 10.4. The van der Waals surface area contributed by atoms with Gasteiger partial charge in [-0.2, -0.15) is 4.99 Å². The first kappa shape index (κ1) is 11.9. The van der Waals surface area contributed by atoms with E-state index in [2.05, 4.69) is 34.2 Å². The molecule has 0 N–H and O–H groups in total. The van der Waals surface area contributed by atoms with Crippen molar-refractivity contribution >= 4 is 11.8 Å². The van der Waals surface area contributed by atoms with Gasteiger partial charge in [0.1, 0.15) is 0 Å². The molecule has 1 heterocycles. The van der Waals surface area contributed by atoms with Crippen LogP contribution in [-0.2, 0) is 11.2 Å². The minimum atomic E-state index is -0.369. The Bertz CT molecular complexity index is 447. The average molecular weight is 230 g/mol. The van der Waals surface area contributed by atoms with Gasteiger partial charge in [0.15, 0.2) is 0 Å². The maximum atomic E-state index is 10.4. The lowest BCUT2D eigenvalue weighted by molar-refractivity contribution is 0.486. The summed E-state index contributed by atoms with van der Waals surface area (Å²) in [5, 5.41) is 0. The second-order valence-electron chi connectivity index (χ2n) is 5.17. The fourth-order valence-electron chi connectivity index (χ4n) is 2.40. The third-order valence-electron chi connectivity index (χ3n) is 3.13. The molecule has 0 amide bonds. The van der Waals surface area contributed by atoms with E-state index in [0.29, 0.717) is 0 Å². The van der Waals surface area contributed by atoms with Gasteiger partial charge in [-0.25, -0.2) is 4.79 Å². The number of nitrogens with zero attached hydrogens (tertiary/aromatic N) is 2. The van der Waals surface area contributed by atoms with E-state index in [4.69, 9.17) is 0 Å². The Labute approximate surface area is 102 Å². The number of hydrogen-bond donors (Lipinski definition) is 0. The van der Waals surface area contributed by atoms with Crippen molar-refractivity contribution < 1.29 is 4.79 Å². The lowest BCUT2D eigenvalue weighted by atomic mass is 9.98. The summed E-state index contributed by atoms with van der Waals surface area (Å²) in [7, 11) is 0. The van der Waals surface area contributed by atoms with Crippen LogP contribution < -0.4 is 4.90 Å². The molecule has 1 aromatic rings. The van der Waals surface area contributed by atoms with Crippen LogP contribution in [-0.4, -0.2) is 24.7 Å². The molecule has 2 rings (SSSR count). The molecule has 0 saturated carbocycles. The van der Waals surface area contributed by atoms with Gasteiger partial charge in [-0.05, 0) is 38.3 Å². The van der Waals surface area contributed by atoms with Crippen molar-refractivity contribution in [2.75, 3.05) is 18.0 Å². The highest BCUT2D eigenvalue weighted by molar-refractivity contribution is 5.55. The Morgan fingerprint density at radius 3 is 2.94 bits per heavy atom. The van der Waals surface area contributed by atoms with Crippen LogP contribution in [0.2, 0.25) is 0 Å². The number of fused-ring (bicyclic) bond motifs is 1. The van der Waals surface area contributed by atoms with E-state index in [1.54, 1.807) is 6.08 Å². The van der Waals surface area contributed by atoms with Gasteiger partial charge in [0.05, 0.1) is 5.54 Å². The zero-order valence-electron chi connectivity index (χ0n) is 10.4. The third kappa shape index (κ3) is 2.75. The molecule has 1 aliphatic heterocycles. The molecular weight excluding hydrogens is 212 g/mol. The van der Waals surface area contributed by atoms with E-state index in [0.717, 1.165) is 25.9 Å². The summed E-state index contributed by atoms with van der Waals surface area (Å²) in [6.45, 7) is 5.73. The van der Waals surface area contributed by atoms with Crippen LogP contribution in [0.25, 0.3) is 0 Å². The van der Waals surface area contributed by atoms with Crippen LogP contribution in [0.3, 0.4) is 0 Å². The normalized spacial score (nSPS) is 15.1. The highest BCUT2D eigenvalue weighted by atomic mass is 16.1. The number of anilines is 1. The molecule has 1 aromatic carbocycles. The SMILES string of the molecule is CC(C)(CN1CCCc2ccccc21)N=C=O. The van der Waals surface area contributed by atoms with Crippen molar-refractivity contribution in [1.29, 1.82) is 0 Å². The average Bonchev–Trinajstić information content (AvgIpc) is 2.29. The predicted molar refractivity (Wildman–Crippen MR) is 69.2 cm³/mol. The molecule has 0 bridgehead atoms. The summed E-state index contributed by atoms with van der Waals surface area (Å²) in [4.78, 5) is 16.6. The molecule has 0 spiro atoms. The van der Waals surface area contributed by atoms with Crippen molar-refractivity contribution in [2.45, 2.75) is 32.2 Å². The second-order valence-corrected chi connectivity index (χ2v) is 5.17. The number of isocyanates is 1. The van der Waals surface area contributed by atoms with Gasteiger partial charge in [-0.3, -0.25) is 0 Å². The van der Waals surface area contributed by atoms with E-state index in [-0.39, 0.29) is 5.54 Å². The molecule has 0 aromatic heterocycles. The van der Waals surface area contributed by atoms with Crippen molar-refractivity contribution in [3.8, 4) is 0 Å². The molecule has 3 nitrogen and oxygen atoms in total. The molecular formula is C14H18N2O. The minimum absolute atomic E-state index is 0.369. The fourth-order valence-corrected chi connectivity index (χ4v) is 2.40. The first-order valence-corrected chi connectivity index (χ1v) is 6.04. The van der Waals surface area contributed by atoms with Crippen LogP contribution in [0.1, 0.15) is 25.8 Å². The standard InChI is InChI=1S/C14H18N2O/c1-14(2,15-11-17)10-16-9-5-7-12-6-3-4-8-13(12)16/h3-4,6,8H,5,7,9-10H2,1-2H3. The highest BCUT2D eigenvalue weighted by Crippen LogP contribution is 2.28. The maximum Gasteiger partial charge on any atom is 0.235 e. The third-order valence-corrected chi connectivity index (χ3v) is 3.13. The summed E-state index contributed by atoms with van der Waals surface area (Å²) in [6.07, 6.45) is 3.98. The summed E-state index contributed by atoms with van der Waals surface area (Å²) in [6, 6.07) is 8.47. The minimum Gasteiger partial charge on any atom is -0.369 e. The molecule has 0 atom stereocenters. The molecule has 1 aliphatic rings. The van der Waals surface area contributed by atoms with Crippen LogP contribution in [0.15, 0.2) is 29.3 Å². The summed E-state index contributed by atoms with van der Waals surface area (Å²) in [5.41, 5.74) is 2.31. The number of benzene rings is 1. The first-order chi connectivity index (χ1) is 8.12. The Morgan fingerprint density at radius 1 is 1.41 bits per heavy atom. The molecule has 17 heavy (non-hydrogen) atoms. The summed E-state index contributed by atoms with van der Waals surface area (Å²) < 4.78 is 0. The van der Waals surface area contributed by atoms with Crippen molar-refractivity contribution in [1.82, 2.24) is 0 Å². The number of para-hydroxylation sites is 1. The maximum absolute atomic E-state index is 10.4. The molecule has 3 heteroatoms. The first-order valence-electron chi connectivity index (χ1n) is 6.04. The molecule has 0 saturated heterocycles. The fraction of sp³-hybridized carbons (Fsp3) is 0.500. The van der Waals surface area contributed by atoms with Crippen molar-refractivity contribution in [3.63, 3.8) is 0 Å². The molecule has 0 fully saturated rings. The van der Waals surface area contributed by atoms with Gasteiger partial charge in [0, 0.05) is 18.8 Å². The quantitative estimate of drug-likeness (QED) is 0.590. The van der Waals surface area contributed by atoms with E-state index in [9.17, 15) is 4.79 Å². The predicted octanol–water partition coefficient (Wildman–Crippen LogP) is 2.55. The number of rotatable bonds is 3. The van der Waals surface area contributed by atoms with Crippen LogP contribution in [0, 0.1) is 0 Å². The van der Waals surface area contributed by atoms with E-state index in [1.807, 2.05) is 13.8 Å². The second kappa shape index (κ2) is 4.72. The van der Waals surface area contributed by atoms with Crippen LogP contribution >= 0.6 is 0 Å². The molecule has 90 valence electrons. The molecule has 0 radical (unpaired) electrons. The Morgan fingerprint density at radius 2 is 2.18 bits per heavy atom. The van der Waals surface area contributed by atoms with Crippen LogP contribution in [0.4, 0.5) is 5.69 Å². The lowest BCUT2D eigenvalue weighted by Crippen LogP contribution is -2.40. The highest BCUT2D eigenvalue weighted by Gasteiger charge is 2.24. The van der Waals surface area contributed by atoms with Gasteiger partial charge < -0.3 is 4.90 Å². The van der Waals surface area contributed by atoms with Crippen molar-refractivity contribution in [2.24, 2.45) is 4.99 Å². The van der Waals surface area contributed by atoms with Gasteiger partial charge in [0.25, 0.3) is 0 Å².